The Kier molecular flexibility index (Phi) is 35.8. The smallest absolute Gasteiger partial charge is 0.430 e. The number of hydroxylamine groups is 4. The van der Waals surface area contributed by atoms with E-state index in [0.717, 1.165) is 5.56 Å². The maximum atomic E-state index is 11.2. The molecule has 3 N–H and O–H groups in total. The Labute approximate surface area is 384 Å². The molecule has 4 amide bonds. The molecule has 2 aliphatic rings. The number of aliphatic hydroxyl groups is 3. The van der Waals surface area contributed by atoms with Crippen LogP contribution in [0.1, 0.15) is 38.2 Å². The molecule has 22 nitrogen and oxygen atoms in total. The van der Waals surface area contributed by atoms with E-state index >= 15 is 0 Å². The van der Waals surface area contributed by atoms with Crippen molar-refractivity contribution in [1.82, 2.24) is 10.1 Å². The molecule has 2 aromatic rings. The Bertz CT molecular complexity index is 1570. The summed E-state index contributed by atoms with van der Waals surface area (Å²) in [5.74, 6) is -2.19. The van der Waals surface area contributed by atoms with E-state index in [9.17, 15) is 28.8 Å². The van der Waals surface area contributed by atoms with Crippen molar-refractivity contribution >= 4 is 46.8 Å². The second-order valence-corrected chi connectivity index (χ2v) is 13.4. The normalized spacial score (nSPS) is 14.8. The second kappa shape index (κ2) is 38.6. The number of carbonyl (C=O) groups is 6. The average molecular weight is 953 g/mol. The molecule has 0 bridgehead atoms. The zero-order chi connectivity index (χ0) is 48.8. The van der Waals surface area contributed by atoms with Crippen LogP contribution in [0.25, 0.3) is 0 Å². The molecule has 0 aliphatic carbocycles. The van der Waals surface area contributed by atoms with Crippen molar-refractivity contribution in [2.24, 2.45) is 0 Å². The van der Waals surface area contributed by atoms with Crippen LogP contribution >= 0.6 is 11.6 Å². The van der Waals surface area contributed by atoms with E-state index in [-0.39, 0.29) is 72.4 Å². The number of carbonyl (C=O) groups excluding carboxylic acids is 6. The van der Waals surface area contributed by atoms with Gasteiger partial charge in [-0.15, -0.1) is 5.06 Å². The van der Waals surface area contributed by atoms with Crippen molar-refractivity contribution in [2.45, 2.75) is 63.3 Å². The number of rotatable bonds is 23. The van der Waals surface area contributed by atoms with Crippen LogP contribution in [0.2, 0.25) is 0 Å². The highest BCUT2D eigenvalue weighted by Crippen LogP contribution is 2.14. The molecule has 4 atom stereocenters. The van der Waals surface area contributed by atoms with Gasteiger partial charge in [-0.05, 0) is 11.1 Å². The molecular formula is C42H65ClN2O20. The summed E-state index contributed by atoms with van der Waals surface area (Å²) in [4.78, 5) is 73.6. The Morgan fingerprint density at radius 1 is 0.569 bits per heavy atom. The highest BCUT2D eigenvalue weighted by atomic mass is 35.5. The Hall–Kier alpha value is -4.69. The summed E-state index contributed by atoms with van der Waals surface area (Å²) in [6.07, 6.45) is -2.27. The van der Waals surface area contributed by atoms with Gasteiger partial charge in [0.25, 0.3) is 23.6 Å². The number of halogens is 1. The van der Waals surface area contributed by atoms with Gasteiger partial charge in [-0.3, -0.25) is 24.0 Å². The monoisotopic (exact) mass is 952 g/mol. The first-order valence-corrected chi connectivity index (χ1v) is 20.2. The molecule has 65 heavy (non-hydrogen) atoms. The van der Waals surface area contributed by atoms with Gasteiger partial charge in [0.2, 0.25) is 0 Å². The third-order valence-electron chi connectivity index (χ3n) is 8.04. The molecule has 0 spiro atoms. The third kappa shape index (κ3) is 29.5. The minimum absolute atomic E-state index is 0. The second-order valence-electron chi connectivity index (χ2n) is 13.1. The van der Waals surface area contributed by atoms with Gasteiger partial charge in [0.05, 0.1) is 59.5 Å². The van der Waals surface area contributed by atoms with Gasteiger partial charge >= 0.3 is 11.6 Å². The molecule has 2 aliphatic heterocycles. The van der Waals surface area contributed by atoms with E-state index < -0.39 is 47.4 Å². The first kappa shape index (κ1) is 60.3. The zero-order valence-electron chi connectivity index (χ0n) is 37.5. The van der Waals surface area contributed by atoms with Crippen LogP contribution in [-0.2, 0) is 84.7 Å². The van der Waals surface area contributed by atoms with Crippen LogP contribution < -0.4 is 0 Å². The van der Waals surface area contributed by atoms with E-state index in [2.05, 4.69) is 9.68 Å². The standard InChI is InChI=1S/C12H18O3.C10H15NO7.C10H14O3.C5H4ClNO4.C5H12O3.H2/c1-13-9-12(14-2)10-15-8-11-6-4-3-5-7-11;1-15-5-7(16-2)6-17-10(14)18-11-8(12)3-4-9(11)13;11-6-10(12)8-13-7-9-4-2-1-3-5-9;6-5(10)11-7-3(8)1-2-4(7)9;1-7-4-5(3-6)8-2;/h3-7,12H,8-10H2,1-2H3;7H,3-6H2,1-2H3;1-5,10-12H,6-8H2;1-2H2;5-6H,3-4H2,1-2H3;1H. The molecule has 2 fully saturated rings. The van der Waals surface area contributed by atoms with E-state index in [0.29, 0.717) is 43.2 Å². The summed E-state index contributed by atoms with van der Waals surface area (Å²) < 4.78 is 44.8. The fourth-order valence-electron chi connectivity index (χ4n) is 4.59. The topological polar surface area (TPSA) is 271 Å². The molecule has 2 aromatic carbocycles. The number of amides is 4. The van der Waals surface area contributed by atoms with E-state index in [1.54, 1.807) is 28.4 Å². The highest BCUT2D eigenvalue weighted by Gasteiger charge is 2.34. The minimum Gasteiger partial charge on any atom is -0.430 e. The fraction of sp³-hybridized carbons (Fsp3) is 0.571. The quantitative estimate of drug-likeness (QED) is 0.0820. The van der Waals surface area contributed by atoms with E-state index in [4.69, 9.17) is 69.6 Å². The lowest BCUT2D eigenvalue weighted by molar-refractivity contribution is -0.178. The summed E-state index contributed by atoms with van der Waals surface area (Å²) >= 11 is 4.78. The molecule has 0 aromatic heterocycles. The molecule has 4 unspecified atom stereocenters. The highest BCUT2D eigenvalue weighted by molar-refractivity contribution is 6.61. The molecular weight excluding hydrogens is 888 g/mol. The van der Waals surface area contributed by atoms with Crippen LogP contribution in [0.3, 0.4) is 0 Å². The zero-order valence-corrected chi connectivity index (χ0v) is 38.3. The van der Waals surface area contributed by atoms with Gasteiger partial charge in [0, 0.05) is 81.4 Å². The Morgan fingerprint density at radius 3 is 1.31 bits per heavy atom. The summed E-state index contributed by atoms with van der Waals surface area (Å²) in [5.41, 5.74) is 1.05. The van der Waals surface area contributed by atoms with Crippen molar-refractivity contribution in [1.29, 1.82) is 0 Å². The fourth-order valence-corrected chi connectivity index (χ4v) is 4.66. The number of ether oxygens (including phenoxy) is 9. The molecule has 2 saturated heterocycles. The van der Waals surface area contributed by atoms with Gasteiger partial charge in [0.1, 0.15) is 31.0 Å². The lowest BCUT2D eigenvalue weighted by Crippen LogP contribution is -2.34. The van der Waals surface area contributed by atoms with E-state index in [1.807, 2.05) is 60.7 Å². The number of nitrogens with zero attached hydrogens (tertiary/aromatic N) is 2. The summed E-state index contributed by atoms with van der Waals surface area (Å²) in [6, 6.07) is 19.8. The number of methoxy groups -OCH3 is 6. The van der Waals surface area contributed by atoms with Crippen LogP contribution in [0.4, 0.5) is 9.59 Å². The van der Waals surface area contributed by atoms with Crippen molar-refractivity contribution < 1.29 is 97.8 Å². The SMILES string of the molecule is COCC(CO)OC.COCC(COC(=O)ON1C(=O)CCC1=O)OC.COCC(COCc1ccccc1)OC.O=C(Cl)ON1C(=O)CCC1=O.OCC(O)COCc1ccccc1.[HH]. The molecule has 370 valence electrons. The van der Waals surface area contributed by atoms with Gasteiger partial charge in [-0.2, -0.15) is 0 Å². The van der Waals surface area contributed by atoms with Crippen LogP contribution in [0.15, 0.2) is 60.7 Å². The number of imide groups is 2. The number of aliphatic hydroxyl groups excluding tert-OH is 3. The number of benzene rings is 2. The lowest BCUT2D eigenvalue weighted by atomic mass is 10.2. The van der Waals surface area contributed by atoms with Crippen LogP contribution in [-0.4, -0.2) is 181 Å². The molecule has 23 heteroatoms. The maximum Gasteiger partial charge on any atom is 0.534 e. The van der Waals surface area contributed by atoms with Crippen molar-refractivity contribution in [2.75, 3.05) is 95.5 Å². The largest absolute Gasteiger partial charge is 0.534 e. The van der Waals surface area contributed by atoms with Gasteiger partial charge in [0.15, 0.2) is 0 Å². The van der Waals surface area contributed by atoms with Gasteiger partial charge < -0.3 is 62.8 Å². The van der Waals surface area contributed by atoms with Crippen molar-refractivity contribution in [3.05, 3.63) is 71.8 Å². The Balaban J connectivity index is 0. The first-order valence-electron chi connectivity index (χ1n) is 19.9. The third-order valence-corrected chi connectivity index (χ3v) is 8.11. The predicted octanol–water partition coefficient (Wildman–Crippen LogP) is 2.60. The molecule has 0 radical (unpaired) electrons. The average Bonchev–Trinajstić information content (AvgIpc) is 3.80. The van der Waals surface area contributed by atoms with Gasteiger partial charge in [-0.1, -0.05) is 65.7 Å². The number of hydrogen-bond donors (Lipinski definition) is 3. The first-order chi connectivity index (χ1) is 31.2. The van der Waals surface area contributed by atoms with Gasteiger partial charge in [-0.25, -0.2) is 9.59 Å². The predicted molar refractivity (Wildman–Crippen MR) is 229 cm³/mol. The van der Waals surface area contributed by atoms with Crippen molar-refractivity contribution in [3.63, 3.8) is 0 Å². The summed E-state index contributed by atoms with van der Waals surface area (Å²) in [7, 11) is 9.35. The minimum atomic E-state index is -1.19. The Morgan fingerprint density at radius 2 is 0.954 bits per heavy atom. The van der Waals surface area contributed by atoms with Crippen LogP contribution in [0, 0.1) is 0 Å². The number of hydrogen-bond acceptors (Lipinski definition) is 20. The van der Waals surface area contributed by atoms with Crippen LogP contribution in [0.5, 0.6) is 0 Å². The molecule has 4 rings (SSSR count). The van der Waals surface area contributed by atoms with Crippen molar-refractivity contribution in [3.8, 4) is 0 Å². The molecule has 2 heterocycles. The van der Waals surface area contributed by atoms with E-state index in [1.165, 1.54) is 19.8 Å². The maximum absolute atomic E-state index is 11.2. The lowest BCUT2D eigenvalue weighted by Gasteiger charge is -2.16. The summed E-state index contributed by atoms with van der Waals surface area (Å²) in [5, 5.41) is 26.7. The molecule has 0 saturated carbocycles. The summed E-state index contributed by atoms with van der Waals surface area (Å²) in [6.45, 7) is 2.73.